The highest BCUT2D eigenvalue weighted by Crippen LogP contribution is 2.33. The van der Waals surface area contributed by atoms with Gasteiger partial charge in [-0.15, -0.1) is 0 Å². The number of fused-ring (bicyclic) bond motifs is 1. The summed E-state index contributed by atoms with van der Waals surface area (Å²) >= 11 is 0. The number of carbonyl (C=O) groups is 1. The van der Waals surface area contributed by atoms with Crippen LogP contribution in [0, 0.1) is 0 Å². The van der Waals surface area contributed by atoms with E-state index in [9.17, 15) is 4.79 Å². The van der Waals surface area contributed by atoms with E-state index < -0.39 is 0 Å². The summed E-state index contributed by atoms with van der Waals surface area (Å²) in [5, 5.41) is 3.37. The van der Waals surface area contributed by atoms with Gasteiger partial charge in [-0.05, 0) is 23.8 Å². The van der Waals surface area contributed by atoms with Gasteiger partial charge in [-0.25, -0.2) is 0 Å². The molecule has 0 spiro atoms. The average molecular weight is 310 g/mol. The van der Waals surface area contributed by atoms with Crippen molar-refractivity contribution in [1.29, 1.82) is 0 Å². The van der Waals surface area contributed by atoms with E-state index in [1.54, 1.807) is 18.2 Å². The zero-order valence-electron chi connectivity index (χ0n) is 12.7. The number of hydrogen-bond donors (Lipinski definition) is 1. The number of nitrogens with zero attached hydrogens (tertiary/aromatic N) is 1. The summed E-state index contributed by atoms with van der Waals surface area (Å²) in [6, 6.07) is 15.6. The molecule has 0 aromatic heterocycles. The molecule has 0 radical (unpaired) electrons. The largest absolute Gasteiger partial charge is 0.454 e. The highest BCUT2D eigenvalue weighted by atomic mass is 16.7. The molecule has 1 unspecified atom stereocenters. The maximum Gasteiger partial charge on any atom is 0.254 e. The van der Waals surface area contributed by atoms with Crippen LogP contribution in [0.3, 0.4) is 0 Å². The van der Waals surface area contributed by atoms with Gasteiger partial charge in [0.15, 0.2) is 11.5 Å². The highest BCUT2D eigenvalue weighted by Gasteiger charge is 2.29. The van der Waals surface area contributed by atoms with E-state index in [2.05, 4.69) is 17.4 Å². The lowest BCUT2D eigenvalue weighted by Crippen LogP contribution is -2.48. The molecule has 1 atom stereocenters. The average Bonchev–Trinajstić information content (AvgIpc) is 3.09. The molecule has 118 valence electrons. The fourth-order valence-electron chi connectivity index (χ4n) is 3.12. The number of ether oxygens (including phenoxy) is 2. The monoisotopic (exact) mass is 310 g/mol. The van der Waals surface area contributed by atoms with Crippen molar-refractivity contribution in [3.63, 3.8) is 0 Å². The summed E-state index contributed by atoms with van der Waals surface area (Å²) in [5.74, 6) is 1.36. The predicted molar refractivity (Wildman–Crippen MR) is 85.7 cm³/mol. The van der Waals surface area contributed by atoms with Crippen molar-refractivity contribution >= 4 is 5.91 Å². The van der Waals surface area contributed by atoms with Gasteiger partial charge in [0.05, 0.1) is 6.04 Å². The van der Waals surface area contributed by atoms with Crippen LogP contribution < -0.4 is 14.8 Å². The number of hydrogen-bond acceptors (Lipinski definition) is 4. The smallest absolute Gasteiger partial charge is 0.254 e. The van der Waals surface area contributed by atoms with Gasteiger partial charge in [0.25, 0.3) is 5.91 Å². The molecule has 2 aliphatic rings. The topological polar surface area (TPSA) is 50.8 Å². The summed E-state index contributed by atoms with van der Waals surface area (Å²) < 4.78 is 10.7. The number of nitrogens with one attached hydrogen (secondary N) is 1. The Morgan fingerprint density at radius 2 is 1.91 bits per heavy atom. The van der Waals surface area contributed by atoms with Crippen molar-refractivity contribution in [2.75, 3.05) is 26.4 Å². The van der Waals surface area contributed by atoms with Crippen molar-refractivity contribution in [3.05, 3.63) is 59.7 Å². The van der Waals surface area contributed by atoms with Gasteiger partial charge >= 0.3 is 0 Å². The first-order chi connectivity index (χ1) is 11.3. The van der Waals surface area contributed by atoms with Crippen LogP contribution in [0.4, 0.5) is 0 Å². The number of rotatable bonds is 2. The van der Waals surface area contributed by atoms with Gasteiger partial charge in [-0.1, -0.05) is 30.3 Å². The lowest BCUT2D eigenvalue weighted by Gasteiger charge is -2.36. The van der Waals surface area contributed by atoms with E-state index in [-0.39, 0.29) is 18.7 Å². The Morgan fingerprint density at radius 3 is 2.78 bits per heavy atom. The molecule has 2 heterocycles. The fourth-order valence-corrected chi connectivity index (χ4v) is 3.12. The molecule has 1 N–H and O–H groups in total. The molecular weight excluding hydrogens is 292 g/mol. The second-order valence-corrected chi connectivity index (χ2v) is 5.70. The molecule has 2 aliphatic heterocycles. The van der Waals surface area contributed by atoms with Gasteiger partial charge in [-0.3, -0.25) is 4.79 Å². The van der Waals surface area contributed by atoms with Crippen LogP contribution in [0.25, 0.3) is 0 Å². The second-order valence-electron chi connectivity index (χ2n) is 5.70. The minimum absolute atomic E-state index is 0.0265. The molecule has 4 rings (SSSR count). The third-order valence-corrected chi connectivity index (χ3v) is 4.31. The van der Waals surface area contributed by atoms with Crippen LogP contribution in [0.5, 0.6) is 11.5 Å². The Balaban J connectivity index is 1.63. The molecule has 0 bridgehead atoms. The van der Waals surface area contributed by atoms with Crippen LogP contribution in [0.15, 0.2) is 48.5 Å². The SMILES string of the molecule is O=C(c1ccc2c(c1)OCO2)N1CCNCC1c1ccccc1. The van der Waals surface area contributed by atoms with Crippen LogP contribution >= 0.6 is 0 Å². The lowest BCUT2D eigenvalue weighted by molar-refractivity contribution is 0.0634. The van der Waals surface area contributed by atoms with Crippen molar-refractivity contribution in [2.45, 2.75) is 6.04 Å². The molecule has 1 amide bonds. The molecule has 2 aromatic rings. The summed E-state index contributed by atoms with van der Waals surface area (Å²) in [7, 11) is 0. The third kappa shape index (κ3) is 2.64. The molecule has 5 nitrogen and oxygen atoms in total. The first kappa shape index (κ1) is 14.1. The molecule has 2 aromatic carbocycles. The fraction of sp³-hybridized carbons (Fsp3) is 0.278. The van der Waals surface area contributed by atoms with E-state index in [1.807, 2.05) is 23.1 Å². The molecule has 5 heteroatoms. The summed E-state index contributed by atoms with van der Waals surface area (Å²) in [4.78, 5) is 14.9. The Bertz CT molecular complexity index is 717. The Morgan fingerprint density at radius 1 is 1.09 bits per heavy atom. The number of amides is 1. The minimum Gasteiger partial charge on any atom is -0.454 e. The predicted octanol–water partition coefficient (Wildman–Crippen LogP) is 2.20. The van der Waals surface area contributed by atoms with Crippen molar-refractivity contribution in [3.8, 4) is 11.5 Å². The van der Waals surface area contributed by atoms with E-state index in [0.29, 0.717) is 23.6 Å². The van der Waals surface area contributed by atoms with Gasteiger partial charge in [0, 0.05) is 25.2 Å². The molecule has 0 saturated carbocycles. The molecule has 1 fully saturated rings. The van der Waals surface area contributed by atoms with Crippen LogP contribution in [-0.2, 0) is 0 Å². The van der Waals surface area contributed by atoms with Crippen LogP contribution in [0.1, 0.15) is 22.0 Å². The van der Waals surface area contributed by atoms with Gasteiger partial charge in [0.1, 0.15) is 0 Å². The first-order valence-corrected chi connectivity index (χ1v) is 7.79. The van der Waals surface area contributed by atoms with Crippen molar-refractivity contribution in [1.82, 2.24) is 10.2 Å². The zero-order chi connectivity index (χ0) is 15.6. The van der Waals surface area contributed by atoms with Crippen molar-refractivity contribution in [2.24, 2.45) is 0 Å². The summed E-state index contributed by atoms with van der Waals surface area (Å²) in [5.41, 5.74) is 1.78. The second kappa shape index (κ2) is 5.93. The molecule has 23 heavy (non-hydrogen) atoms. The number of benzene rings is 2. The molecule has 1 saturated heterocycles. The van der Waals surface area contributed by atoms with Gasteiger partial charge in [-0.2, -0.15) is 0 Å². The molecular formula is C18H18N2O3. The molecule has 0 aliphatic carbocycles. The van der Waals surface area contributed by atoms with E-state index in [0.717, 1.165) is 18.7 Å². The van der Waals surface area contributed by atoms with E-state index in [1.165, 1.54) is 0 Å². The van der Waals surface area contributed by atoms with Crippen LogP contribution in [0.2, 0.25) is 0 Å². The highest BCUT2D eigenvalue weighted by molar-refractivity contribution is 5.95. The van der Waals surface area contributed by atoms with Gasteiger partial charge in [0.2, 0.25) is 6.79 Å². The normalized spacial score (nSPS) is 19.7. The maximum absolute atomic E-state index is 13.0. The third-order valence-electron chi connectivity index (χ3n) is 4.31. The maximum atomic E-state index is 13.0. The van der Waals surface area contributed by atoms with Gasteiger partial charge < -0.3 is 19.7 Å². The quantitative estimate of drug-likeness (QED) is 0.924. The standard InChI is InChI=1S/C18H18N2O3/c21-18(14-6-7-16-17(10-14)23-12-22-16)20-9-8-19-11-15(20)13-4-2-1-3-5-13/h1-7,10,15,19H,8-9,11-12H2. The van der Waals surface area contributed by atoms with Crippen LogP contribution in [-0.4, -0.2) is 37.2 Å². The minimum atomic E-state index is 0.0265. The zero-order valence-corrected chi connectivity index (χ0v) is 12.7. The number of carbonyl (C=O) groups excluding carboxylic acids is 1. The Labute approximate surface area is 134 Å². The van der Waals surface area contributed by atoms with Crippen molar-refractivity contribution < 1.29 is 14.3 Å². The summed E-state index contributed by atoms with van der Waals surface area (Å²) in [6.45, 7) is 2.47. The first-order valence-electron chi connectivity index (χ1n) is 7.79. The summed E-state index contributed by atoms with van der Waals surface area (Å²) in [6.07, 6.45) is 0. The Kier molecular flexibility index (Phi) is 3.63. The number of piperazine rings is 1. The lowest BCUT2D eigenvalue weighted by atomic mass is 10.0. The van der Waals surface area contributed by atoms with E-state index in [4.69, 9.17) is 9.47 Å². The van der Waals surface area contributed by atoms with E-state index >= 15 is 0 Å². The Hall–Kier alpha value is -2.53.